The summed E-state index contributed by atoms with van der Waals surface area (Å²) in [7, 11) is 0. The first kappa shape index (κ1) is 14.9. The summed E-state index contributed by atoms with van der Waals surface area (Å²) in [5, 5.41) is 3.23. The van der Waals surface area contributed by atoms with Crippen molar-refractivity contribution in [3.8, 4) is 0 Å². The van der Waals surface area contributed by atoms with Crippen LogP contribution < -0.4 is 5.32 Å². The van der Waals surface area contributed by atoms with Gasteiger partial charge in [-0.2, -0.15) is 0 Å². The Labute approximate surface area is 132 Å². The molecule has 1 amide bonds. The molecule has 3 heteroatoms. The third kappa shape index (κ3) is 3.79. The fourth-order valence-electron chi connectivity index (χ4n) is 3.34. The lowest BCUT2D eigenvalue weighted by Crippen LogP contribution is -2.37. The summed E-state index contributed by atoms with van der Waals surface area (Å²) in [5.41, 5.74) is 1.18. The Kier molecular flexibility index (Phi) is 4.94. The van der Waals surface area contributed by atoms with Gasteiger partial charge in [-0.1, -0.05) is 49.6 Å². The van der Waals surface area contributed by atoms with E-state index in [4.69, 9.17) is 0 Å². The molecule has 1 unspecified atom stereocenters. The molecule has 1 aromatic heterocycles. The van der Waals surface area contributed by atoms with Gasteiger partial charge in [-0.05, 0) is 30.5 Å². The molecule has 22 heavy (non-hydrogen) atoms. The summed E-state index contributed by atoms with van der Waals surface area (Å²) in [4.78, 5) is 12.5. The Morgan fingerprint density at radius 1 is 1.05 bits per heavy atom. The van der Waals surface area contributed by atoms with E-state index < -0.39 is 0 Å². The van der Waals surface area contributed by atoms with Crippen molar-refractivity contribution in [3.05, 3.63) is 60.4 Å². The van der Waals surface area contributed by atoms with Crippen LogP contribution in [-0.4, -0.2) is 16.5 Å². The van der Waals surface area contributed by atoms with E-state index in [1.807, 2.05) is 42.7 Å². The normalized spacial score (nSPS) is 17.1. The molecule has 0 bridgehead atoms. The van der Waals surface area contributed by atoms with Crippen LogP contribution in [0.25, 0.3) is 0 Å². The lowest BCUT2D eigenvalue weighted by atomic mass is 9.95. The molecule has 2 aromatic rings. The van der Waals surface area contributed by atoms with E-state index in [0.29, 0.717) is 12.5 Å². The monoisotopic (exact) mass is 296 g/mol. The summed E-state index contributed by atoms with van der Waals surface area (Å²) in [6.07, 6.45) is 10.6. The van der Waals surface area contributed by atoms with Crippen molar-refractivity contribution in [2.45, 2.75) is 50.6 Å². The molecule has 116 valence electrons. The van der Waals surface area contributed by atoms with Crippen LogP contribution in [0.2, 0.25) is 0 Å². The summed E-state index contributed by atoms with van der Waals surface area (Å²) in [5.74, 6) is 0.162. The average molecular weight is 296 g/mol. The standard InChI is InChI=1S/C19H24N2O/c22-19(20-17-11-5-2-6-12-17)15-18(21-13-7-8-14-21)16-9-3-1-4-10-16/h1,3-4,7-10,13-14,17-18H,2,5-6,11-12,15H2,(H,20,22). The number of hydrogen-bond acceptors (Lipinski definition) is 1. The number of nitrogens with zero attached hydrogens (tertiary/aromatic N) is 1. The van der Waals surface area contributed by atoms with Crippen LogP contribution in [0.4, 0.5) is 0 Å². The van der Waals surface area contributed by atoms with Gasteiger partial charge in [-0.15, -0.1) is 0 Å². The van der Waals surface area contributed by atoms with Gasteiger partial charge in [0.2, 0.25) is 5.91 Å². The molecule has 1 aromatic carbocycles. The molecule has 1 fully saturated rings. The van der Waals surface area contributed by atoms with E-state index >= 15 is 0 Å². The van der Waals surface area contributed by atoms with Gasteiger partial charge in [0.15, 0.2) is 0 Å². The maximum Gasteiger partial charge on any atom is 0.222 e. The van der Waals surface area contributed by atoms with Crippen molar-refractivity contribution < 1.29 is 4.79 Å². The van der Waals surface area contributed by atoms with Gasteiger partial charge < -0.3 is 9.88 Å². The third-order valence-corrected chi connectivity index (χ3v) is 4.52. The smallest absolute Gasteiger partial charge is 0.222 e. The van der Waals surface area contributed by atoms with E-state index in [1.54, 1.807) is 0 Å². The second-order valence-corrected chi connectivity index (χ2v) is 6.16. The number of aromatic nitrogens is 1. The first-order chi connectivity index (χ1) is 10.8. The molecule has 1 heterocycles. The van der Waals surface area contributed by atoms with Gasteiger partial charge in [0.25, 0.3) is 0 Å². The molecule has 1 aliphatic rings. The summed E-state index contributed by atoms with van der Waals surface area (Å²) >= 11 is 0. The number of carbonyl (C=O) groups excluding carboxylic acids is 1. The second kappa shape index (κ2) is 7.30. The topological polar surface area (TPSA) is 34.0 Å². The molecule has 1 aliphatic carbocycles. The van der Waals surface area contributed by atoms with Crippen molar-refractivity contribution in [1.82, 2.24) is 9.88 Å². The Hall–Kier alpha value is -2.03. The van der Waals surface area contributed by atoms with E-state index in [9.17, 15) is 4.79 Å². The first-order valence-electron chi connectivity index (χ1n) is 8.30. The second-order valence-electron chi connectivity index (χ2n) is 6.16. The first-order valence-corrected chi connectivity index (χ1v) is 8.30. The number of amides is 1. The highest BCUT2D eigenvalue weighted by atomic mass is 16.1. The molecular weight excluding hydrogens is 272 g/mol. The zero-order chi connectivity index (χ0) is 15.2. The largest absolute Gasteiger partial charge is 0.353 e. The van der Waals surface area contributed by atoms with Crippen LogP contribution in [0.5, 0.6) is 0 Å². The van der Waals surface area contributed by atoms with Crippen LogP contribution in [0, 0.1) is 0 Å². The van der Waals surface area contributed by atoms with Crippen molar-refractivity contribution in [2.24, 2.45) is 0 Å². The molecular formula is C19H24N2O. The lowest BCUT2D eigenvalue weighted by molar-refractivity contribution is -0.122. The highest BCUT2D eigenvalue weighted by molar-refractivity contribution is 5.77. The highest BCUT2D eigenvalue weighted by Crippen LogP contribution is 2.23. The Balaban J connectivity index is 1.69. The molecule has 0 saturated heterocycles. The number of benzene rings is 1. The van der Waals surface area contributed by atoms with Crippen LogP contribution in [-0.2, 0) is 4.79 Å². The summed E-state index contributed by atoms with van der Waals surface area (Å²) in [6.45, 7) is 0. The van der Waals surface area contributed by atoms with E-state index in [-0.39, 0.29) is 11.9 Å². The van der Waals surface area contributed by atoms with E-state index in [2.05, 4.69) is 22.0 Å². The number of rotatable bonds is 5. The van der Waals surface area contributed by atoms with E-state index in [0.717, 1.165) is 12.8 Å². The molecule has 3 nitrogen and oxygen atoms in total. The quantitative estimate of drug-likeness (QED) is 0.891. The predicted octanol–water partition coefficient (Wildman–Crippen LogP) is 3.92. The number of carbonyl (C=O) groups is 1. The van der Waals surface area contributed by atoms with Gasteiger partial charge in [-0.3, -0.25) is 4.79 Å². The fraction of sp³-hybridized carbons (Fsp3) is 0.421. The molecule has 0 spiro atoms. The summed E-state index contributed by atoms with van der Waals surface area (Å²) < 4.78 is 2.12. The Morgan fingerprint density at radius 2 is 1.73 bits per heavy atom. The van der Waals surface area contributed by atoms with Gasteiger partial charge in [-0.25, -0.2) is 0 Å². The van der Waals surface area contributed by atoms with Crippen molar-refractivity contribution in [2.75, 3.05) is 0 Å². The van der Waals surface area contributed by atoms with E-state index in [1.165, 1.54) is 24.8 Å². The Bertz CT molecular complexity index is 571. The predicted molar refractivity (Wildman–Crippen MR) is 88.6 cm³/mol. The van der Waals surface area contributed by atoms with Gasteiger partial charge in [0, 0.05) is 18.4 Å². The number of hydrogen-bond donors (Lipinski definition) is 1. The van der Waals surface area contributed by atoms with Gasteiger partial charge in [0.05, 0.1) is 12.5 Å². The molecule has 0 aliphatic heterocycles. The third-order valence-electron chi connectivity index (χ3n) is 4.52. The highest BCUT2D eigenvalue weighted by Gasteiger charge is 2.20. The van der Waals surface area contributed by atoms with Crippen LogP contribution >= 0.6 is 0 Å². The fourth-order valence-corrected chi connectivity index (χ4v) is 3.34. The minimum atomic E-state index is 0.0693. The lowest BCUT2D eigenvalue weighted by Gasteiger charge is -2.25. The molecule has 1 atom stereocenters. The Morgan fingerprint density at radius 3 is 2.41 bits per heavy atom. The van der Waals surface area contributed by atoms with Crippen LogP contribution in [0.15, 0.2) is 54.9 Å². The SMILES string of the molecule is O=C(CC(c1ccccc1)n1cccc1)NC1CCCCC1. The van der Waals surface area contributed by atoms with Crippen LogP contribution in [0.1, 0.15) is 50.1 Å². The van der Waals surface area contributed by atoms with Crippen molar-refractivity contribution >= 4 is 5.91 Å². The molecule has 3 rings (SSSR count). The zero-order valence-corrected chi connectivity index (χ0v) is 12.9. The number of nitrogens with one attached hydrogen (secondary N) is 1. The minimum absolute atomic E-state index is 0.0693. The van der Waals surface area contributed by atoms with Gasteiger partial charge in [0.1, 0.15) is 0 Å². The maximum atomic E-state index is 12.5. The maximum absolute atomic E-state index is 12.5. The molecule has 1 saturated carbocycles. The molecule has 0 radical (unpaired) electrons. The van der Waals surface area contributed by atoms with Crippen LogP contribution in [0.3, 0.4) is 0 Å². The molecule has 1 N–H and O–H groups in total. The minimum Gasteiger partial charge on any atom is -0.353 e. The summed E-state index contributed by atoms with van der Waals surface area (Å²) in [6, 6.07) is 14.7. The average Bonchev–Trinajstić information content (AvgIpc) is 3.08. The van der Waals surface area contributed by atoms with Crippen molar-refractivity contribution in [3.63, 3.8) is 0 Å². The zero-order valence-electron chi connectivity index (χ0n) is 12.9. The van der Waals surface area contributed by atoms with Crippen molar-refractivity contribution in [1.29, 1.82) is 0 Å². The van der Waals surface area contributed by atoms with Gasteiger partial charge >= 0.3 is 0 Å².